The summed E-state index contributed by atoms with van der Waals surface area (Å²) in [5.74, 6) is -0.468. The van der Waals surface area contributed by atoms with Gasteiger partial charge < -0.3 is 5.11 Å². The molecule has 0 saturated heterocycles. The summed E-state index contributed by atoms with van der Waals surface area (Å²) in [5, 5.41) is 8.74. The Hall–Kier alpha value is -0.690. The van der Waals surface area contributed by atoms with Crippen molar-refractivity contribution in [3.8, 4) is 0 Å². The van der Waals surface area contributed by atoms with Gasteiger partial charge in [-0.2, -0.15) is 0 Å². The summed E-state index contributed by atoms with van der Waals surface area (Å²) in [6.45, 7) is -0.150. The van der Waals surface area contributed by atoms with Crippen molar-refractivity contribution in [1.82, 2.24) is 4.72 Å². The van der Waals surface area contributed by atoms with Gasteiger partial charge in [-0.25, -0.2) is 17.5 Å². The first-order chi connectivity index (χ1) is 8.44. The second-order valence-corrected chi connectivity index (χ2v) is 6.48. The van der Waals surface area contributed by atoms with Crippen LogP contribution in [-0.4, -0.2) is 20.1 Å². The molecule has 0 unspecified atom stereocenters. The fraction of sp³-hybridized carbons (Fsp3) is 0.455. The molecule has 7 heteroatoms. The van der Waals surface area contributed by atoms with Gasteiger partial charge in [0.1, 0.15) is 5.82 Å². The number of hydrogen-bond donors (Lipinski definition) is 2. The molecule has 0 spiro atoms. The molecule has 0 atom stereocenters. The van der Waals surface area contributed by atoms with Crippen molar-refractivity contribution in [3.05, 3.63) is 28.5 Å². The predicted molar refractivity (Wildman–Crippen MR) is 65.2 cm³/mol. The average molecular weight is 294 g/mol. The van der Waals surface area contributed by atoms with Crippen molar-refractivity contribution in [2.24, 2.45) is 5.92 Å². The Balaban J connectivity index is 2.28. The normalized spacial score (nSPS) is 15.9. The number of aliphatic hydroxyl groups is 1. The first kappa shape index (κ1) is 13.7. The highest BCUT2D eigenvalue weighted by molar-refractivity contribution is 7.89. The molecule has 1 fully saturated rings. The zero-order valence-corrected chi connectivity index (χ0v) is 11.1. The van der Waals surface area contributed by atoms with Crippen molar-refractivity contribution >= 4 is 21.6 Å². The second-order valence-electron chi connectivity index (χ2n) is 4.33. The van der Waals surface area contributed by atoms with E-state index in [0.717, 1.165) is 18.9 Å². The van der Waals surface area contributed by atoms with Crippen molar-refractivity contribution in [1.29, 1.82) is 0 Å². The Morgan fingerprint density at radius 3 is 2.67 bits per heavy atom. The number of sulfonamides is 1. The van der Waals surface area contributed by atoms with Gasteiger partial charge in [-0.15, -0.1) is 0 Å². The smallest absolute Gasteiger partial charge is 0.240 e. The van der Waals surface area contributed by atoms with E-state index in [1.807, 2.05) is 0 Å². The molecule has 100 valence electrons. The van der Waals surface area contributed by atoms with E-state index in [4.69, 9.17) is 16.7 Å². The summed E-state index contributed by atoms with van der Waals surface area (Å²) < 4.78 is 39.6. The molecule has 0 radical (unpaired) electrons. The summed E-state index contributed by atoms with van der Waals surface area (Å²) in [5.41, 5.74) is 0.0588. The standard InChI is InChI=1S/C11H13ClFNO3S/c12-11-8(6-15)3-9(4-10(11)13)18(16,17)14-5-7-1-2-7/h3-4,7,14-15H,1-2,5-6H2. The van der Waals surface area contributed by atoms with E-state index in [0.29, 0.717) is 12.5 Å². The molecule has 0 heterocycles. The molecule has 1 aliphatic carbocycles. The van der Waals surface area contributed by atoms with Crippen LogP contribution in [0.1, 0.15) is 18.4 Å². The summed E-state index contributed by atoms with van der Waals surface area (Å²) >= 11 is 5.60. The molecule has 2 rings (SSSR count). The van der Waals surface area contributed by atoms with Crippen molar-refractivity contribution < 1.29 is 17.9 Å². The van der Waals surface area contributed by atoms with E-state index < -0.39 is 22.4 Å². The van der Waals surface area contributed by atoms with Gasteiger partial charge in [0.25, 0.3) is 0 Å². The third-order valence-electron chi connectivity index (χ3n) is 2.82. The van der Waals surface area contributed by atoms with Gasteiger partial charge in [0.2, 0.25) is 10.0 Å². The topological polar surface area (TPSA) is 66.4 Å². The fourth-order valence-electron chi connectivity index (χ4n) is 1.52. The zero-order valence-electron chi connectivity index (χ0n) is 9.49. The first-order valence-electron chi connectivity index (χ1n) is 5.52. The maximum Gasteiger partial charge on any atom is 0.240 e. The summed E-state index contributed by atoms with van der Waals surface area (Å²) in [4.78, 5) is -0.214. The molecule has 18 heavy (non-hydrogen) atoms. The summed E-state index contributed by atoms with van der Waals surface area (Å²) in [7, 11) is -3.75. The highest BCUT2D eigenvalue weighted by Crippen LogP contribution is 2.29. The van der Waals surface area contributed by atoms with Crippen LogP contribution in [0.15, 0.2) is 17.0 Å². The van der Waals surface area contributed by atoms with Crippen LogP contribution in [0.3, 0.4) is 0 Å². The third kappa shape index (κ3) is 3.00. The molecule has 1 aliphatic rings. The van der Waals surface area contributed by atoms with Crippen LogP contribution in [0.4, 0.5) is 4.39 Å². The SMILES string of the molecule is O=S(=O)(NCC1CC1)c1cc(F)c(Cl)c(CO)c1. The van der Waals surface area contributed by atoms with Gasteiger partial charge in [-0.05, 0) is 30.9 Å². The molecule has 1 aromatic rings. The lowest BCUT2D eigenvalue weighted by Crippen LogP contribution is -2.26. The number of hydrogen-bond acceptors (Lipinski definition) is 3. The van der Waals surface area contributed by atoms with E-state index >= 15 is 0 Å². The van der Waals surface area contributed by atoms with Gasteiger partial charge in [0, 0.05) is 12.1 Å². The van der Waals surface area contributed by atoms with E-state index in [-0.39, 0.29) is 15.5 Å². The highest BCUT2D eigenvalue weighted by atomic mass is 35.5. The Morgan fingerprint density at radius 2 is 2.11 bits per heavy atom. The number of rotatable bonds is 5. The van der Waals surface area contributed by atoms with Crippen LogP contribution in [0, 0.1) is 11.7 Å². The molecular weight excluding hydrogens is 281 g/mol. The minimum absolute atomic E-state index is 0.0588. The number of aliphatic hydroxyl groups excluding tert-OH is 1. The number of benzene rings is 1. The van der Waals surface area contributed by atoms with Gasteiger partial charge in [-0.1, -0.05) is 11.6 Å². The van der Waals surface area contributed by atoms with Crippen LogP contribution < -0.4 is 4.72 Å². The van der Waals surface area contributed by atoms with Gasteiger partial charge >= 0.3 is 0 Å². The Morgan fingerprint density at radius 1 is 1.44 bits per heavy atom. The fourth-order valence-corrected chi connectivity index (χ4v) is 2.87. The number of nitrogens with one attached hydrogen (secondary N) is 1. The summed E-state index contributed by atoms with van der Waals surface area (Å²) in [6.07, 6.45) is 2.03. The lowest BCUT2D eigenvalue weighted by Gasteiger charge is -2.09. The van der Waals surface area contributed by atoms with Gasteiger partial charge in [-0.3, -0.25) is 0 Å². The zero-order chi connectivity index (χ0) is 13.3. The quantitative estimate of drug-likeness (QED) is 0.868. The molecule has 2 N–H and O–H groups in total. The molecular formula is C11H13ClFNO3S. The van der Waals surface area contributed by atoms with E-state index in [9.17, 15) is 12.8 Å². The van der Waals surface area contributed by atoms with E-state index in [2.05, 4.69) is 4.72 Å². The van der Waals surface area contributed by atoms with Crippen LogP contribution in [0.5, 0.6) is 0 Å². The van der Waals surface area contributed by atoms with Crippen molar-refractivity contribution in [2.75, 3.05) is 6.54 Å². The lowest BCUT2D eigenvalue weighted by molar-refractivity contribution is 0.281. The molecule has 0 aromatic heterocycles. The molecule has 1 saturated carbocycles. The summed E-state index contributed by atoms with van der Waals surface area (Å²) in [6, 6.07) is 2.04. The predicted octanol–water partition coefficient (Wildman–Crippen LogP) is 1.66. The van der Waals surface area contributed by atoms with Crippen LogP contribution >= 0.6 is 11.6 Å². The second kappa shape index (κ2) is 5.13. The molecule has 1 aromatic carbocycles. The van der Waals surface area contributed by atoms with Gasteiger partial charge in [0.05, 0.1) is 16.5 Å². The largest absolute Gasteiger partial charge is 0.392 e. The lowest BCUT2D eigenvalue weighted by atomic mass is 10.2. The highest BCUT2D eigenvalue weighted by Gasteiger charge is 2.25. The number of halogens is 2. The van der Waals surface area contributed by atoms with Gasteiger partial charge in [0.15, 0.2) is 0 Å². The maximum atomic E-state index is 13.4. The maximum absolute atomic E-state index is 13.4. The van der Waals surface area contributed by atoms with Crippen molar-refractivity contribution in [2.45, 2.75) is 24.3 Å². The Bertz CT molecular complexity index is 558. The Labute approximate surface area is 110 Å². The molecule has 0 aliphatic heterocycles. The molecule has 4 nitrogen and oxygen atoms in total. The molecule has 0 bridgehead atoms. The van der Waals surface area contributed by atoms with Crippen LogP contribution in [0.2, 0.25) is 5.02 Å². The van der Waals surface area contributed by atoms with Crippen LogP contribution in [0.25, 0.3) is 0 Å². The van der Waals surface area contributed by atoms with Crippen LogP contribution in [-0.2, 0) is 16.6 Å². The minimum Gasteiger partial charge on any atom is -0.392 e. The monoisotopic (exact) mass is 293 g/mol. The third-order valence-corrected chi connectivity index (χ3v) is 4.64. The van der Waals surface area contributed by atoms with E-state index in [1.165, 1.54) is 6.07 Å². The Kier molecular flexibility index (Phi) is 3.91. The molecule has 0 amide bonds. The van der Waals surface area contributed by atoms with Crippen molar-refractivity contribution in [3.63, 3.8) is 0 Å². The first-order valence-corrected chi connectivity index (χ1v) is 7.38. The average Bonchev–Trinajstić information content (AvgIpc) is 3.14. The minimum atomic E-state index is -3.75. The van der Waals surface area contributed by atoms with E-state index in [1.54, 1.807) is 0 Å².